The molecule has 0 aromatic heterocycles. The Kier molecular flexibility index (Phi) is 6.63. The van der Waals surface area contributed by atoms with Gasteiger partial charge in [-0.3, -0.25) is 4.79 Å². The second-order valence-corrected chi connectivity index (χ2v) is 6.23. The lowest BCUT2D eigenvalue weighted by Crippen LogP contribution is -2.21. The molecule has 0 saturated heterocycles. The molecule has 0 heterocycles. The van der Waals surface area contributed by atoms with Gasteiger partial charge in [-0.1, -0.05) is 46.4 Å². The van der Waals surface area contributed by atoms with Crippen molar-refractivity contribution in [3.63, 3.8) is 0 Å². The maximum absolute atomic E-state index is 12.1. The van der Waals surface area contributed by atoms with E-state index in [-0.39, 0.29) is 32.4 Å². The van der Waals surface area contributed by atoms with E-state index in [1.165, 1.54) is 25.3 Å². The number of benzene rings is 2. The van der Waals surface area contributed by atoms with Crippen LogP contribution in [-0.2, 0) is 4.79 Å². The molecule has 2 aromatic rings. The summed E-state index contributed by atoms with van der Waals surface area (Å²) in [7, 11) is 1.43. The largest absolute Gasteiger partial charge is 0.493 e. The summed E-state index contributed by atoms with van der Waals surface area (Å²) in [6, 6.07) is 7.93. The summed E-state index contributed by atoms with van der Waals surface area (Å²) in [4.78, 5) is 12.1. The highest BCUT2D eigenvalue weighted by Gasteiger charge is 2.17. The number of ether oxygens (including phenoxy) is 2. The average Bonchev–Trinajstić information content (AvgIpc) is 2.61. The van der Waals surface area contributed by atoms with Crippen molar-refractivity contribution in [3.8, 4) is 17.6 Å². The van der Waals surface area contributed by atoms with Gasteiger partial charge in [0.2, 0.25) is 0 Å². The van der Waals surface area contributed by atoms with E-state index < -0.39 is 5.91 Å². The molecule has 0 bridgehead atoms. The molecule has 25 heavy (non-hydrogen) atoms. The molecule has 0 fully saturated rings. The van der Waals surface area contributed by atoms with Crippen LogP contribution in [-0.4, -0.2) is 19.6 Å². The molecular formula is C16H10Cl4N2O3. The molecule has 1 amide bonds. The van der Waals surface area contributed by atoms with E-state index in [0.717, 1.165) is 0 Å². The number of methoxy groups -OCH3 is 1. The Balaban J connectivity index is 2.11. The smallest absolute Gasteiger partial charge is 0.262 e. The first-order valence-electron chi connectivity index (χ1n) is 6.71. The van der Waals surface area contributed by atoms with E-state index in [1.54, 1.807) is 6.07 Å². The normalized spacial score (nSPS) is 10.1. The summed E-state index contributed by atoms with van der Waals surface area (Å²) >= 11 is 23.9. The van der Waals surface area contributed by atoms with E-state index in [9.17, 15) is 4.79 Å². The summed E-state index contributed by atoms with van der Waals surface area (Å²) in [6.45, 7) is -0.348. The summed E-state index contributed by atoms with van der Waals surface area (Å²) in [5.41, 5.74) is 0.502. The number of nitriles is 1. The fraction of sp³-hybridized carbons (Fsp3) is 0.125. The molecule has 9 heteroatoms. The molecule has 0 aliphatic heterocycles. The number of carbonyl (C=O) groups excluding carboxylic acids is 1. The second kappa shape index (κ2) is 8.50. The maximum Gasteiger partial charge on any atom is 0.262 e. The second-order valence-electron chi connectivity index (χ2n) is 4.66. The lowest BCUT2D eigenvalue weighted by Gasteiger charge is -2.13. The molecular weight excluding hydrogens is 410 g/mol. The zero-order valence-electron chi connectivity index (χ0n) is 12.7. The third-order valence-electron chi connectivity index (χ3n) is 3.03. The van der Waals surface area contributed by atoms with Gasteiger partial charge in [-0.05, 0) is 18.2 Å². The molecule has 2 rings (SSSR count). The SMILES string of the molecule is COc1cc(C#N)ccc1OCC(=O)Nc1c(Cl)c(Cl)cc(Cl)c1Cl. The van der Waals surface area contributed by atoms with Crippen molar-refractivity contribution < 1.29 is 14.3 Å². The number of amides is 1. The van der Waals surface area contributed by atoms with Crippen molar-refractivity contribution in [2.75, 3.05) is 19.0 Å². The molecule has 0 atom stereocenters. The highest BCUT2D eigenvalue weighted by Crippen LogP contribution is 2.41. The standard InChI is InChI=1S/C16H10Cl4N2O3/c1-24-12-4-8(6-21)2-3-11(12)25-7-13(23)22-16-14(19)9(17)5-10(18)15(16)20/h2-5H,7H2,1H3,(H,22,23). The molecule has 0 aliphatic carbocycles. The number of halogens is 4. The average molecular weight is 420 g/mol. The third kappa shape index (κ3) is 4.62. The molecule has 130 valence electrons. The number of carbonyl (C=O) groups is 1. The highest BCUT2D eigenvalue weighted by atomic mass is 35.5. The topological polar surface area (TPSA) is 71.3 Å². The van der Waals surface area contributed by atoms with Gasteiger partial charge in [0, 0.05) is 6.07 Å². The predicted octanol–water partition coefficient (Wildman–Crippen LogP) is 5.20. The Morgan fingerprint density at radius 2 is 1.76 bits per heavy atom. The minimum atomic E-state index is -0.534. The molecule has 1 N–H and O–H groups in total. The van der Waals surface area contributed by atoms with Crippen molar-refractivity contribution >= 4 is 58.0 Å². The van der Waals surface area contributed by atoms with Crippen molar-refractivity contribution in [2.45, 2.75) is 0 Å². The molecule has 0 saturated carbocycles. The van der Waals surface area contributed by atoms with Crippen molar-refractivity contribution in [1.82, 2.24) is 0 Å². The van der Waals surface area contributed by atoms with Gasteiger partial charge < -0.3 is 14.8 Å². The first kappa shape index (κ1) is 19.5. The van der Waals surface area contributed by atoms with Gasteiger partial charge in [-0.25, -0.2) is 0 Å². The molecule has 0 aliphatic rings. The van der Waals surface area contributed by atoms with Crippen LogP contribution in [0.3, 0.4) is 0 Å². The van der Waals surface area contributed by atoms with Crippen LogP contribution in [0.15, 0.2) is 24.3 Å². The monoisotopic (exact) mass is 418 g/mol. The fourth-order valence-corrected chi connectivity index (χ4v) is 2.76. The summed E-state index contributed by atoms with van der Waals surface area (Å²) < 4.78 is 10.5. The minimum Gasteiger partial charge on any atom is -0.493 e. The maximum atomic E-state index is 12.1. The van der Waals surface area contributed by atoms with Crippen LogP contribution in [0.5, 0.6) is 11.5 Å². The van der Waals surface area contributed by atoms with E-state index in [2.05, 4.69) is 5.32 Å². The number of hydrogen-bond acceptors (Lipinski definition) is 4. The molecule has 0 radical (unpaired) electrons. The summed E-state index contributed by atoms with van der Waals surface area (Å²) in [5.74, 6) is 0.0974. The van der Waals surface area contributed by atoms with Crippen LogP contribution in [0.4, 0.5) is 5.69 Å². The Morgan fingerprint density at radius 3 is 2.32 bits per heavy atom. The van der Waals surface area contributed by atoms with Crippen LogP contribution in [0, 0.1) is 11.3 Å². The Bertz CT molecular complexity index is 839. The van der Waals surface area contributed by atoms with Gasteiger partial charge in [0.1, 0.15) is 0 Å². The lowest BCUT2D eigenvalue weighted by molar-refractivity contribution is -0.118. The van der Waals surface area contributed by atoms with Crippen LogP contribution in [0.2, 0.25) is 20.1 Å². The van der Waals surface area contributed by atoms with Gasteiger partial charge in [0.25, 0.3) is 5.91 Å². The van der Waals surface area contributed by atoms with Gasteiger partial charge in [0.05, 0.1) is 44.5 Å². The van der Waals surface area contributed by atoms with Gasteiger partial charge >= 0.3 is 0 Å². The Hall–Kier alpha value is -1.84. The molecule has 0 unspecified atom stereocenters. The Labute approximate surface area is 163 Å². The zero-order valence-corrected chi connectivity index (χ0v) is 15.7. The van der Waals surface area contributed by atoms with Crippen molar-refractivity contribution in [3.05, 3.63) is 49.9 Å². The van der Waals surface area contributed by atoms with Crippen LogP contribution in [0.25, 0.3) is 0 Å². The number of hydrogen-bond donors (Lipinski definition) is 1. The van der Waals surface area contributed by atoms with Crippen LogP contribution in [0.1, 0.15) is 5.56 Å². The number of nitrogens with zero attached hydrogens (tertiary/aromatic N) is 1. The van der Waals surface area contributed by atoms with Crippen LogP contribution < -0.4 is 14.8 Å². The first-order valence-corrected chi connectivity index (χ1v) is 8.22. The molecule has 0 spiro atoms. The third-order valence-corrected chi connectivity index (χ3v) is 4.60. The summed E-state index contributed by atoms with van der Waals surface area (Å²) in [6.07, 6.45) is 0. The van der Waals surface area contributed by atoms with Gasteiger partial charge in [-0.2, -0.15) is 5.26 Å². The minimum absolute atomic E-state index is 0.0698. The lowest BCUT2D eigenvalue weighted by atomic mass is 10.2. The fourth-order valence-electron chi connectivity index (χ4n) is 1.86. The van der Waals surface area contributed by atoms with E-state index in [1.807, 2.05) is 6.07 Å². The molecule has 5 nitrogen and oxygen atoms in total. The van der Waals surface area contributed by atoms with Gasteiger partial charge in [-0.15, -0.1) is 0 Å². The number of nitrogens with one attached hydrogen (secondary N) is 1. The highest BCUT2D eigenvalue weighted by molar-refractivity contribution is 6.50. The van der Waals surface area contributed by atoms with Crippen molar-refractivity contribution in [2.24, 2.45) is 0 Å². The zero-order chi connectivity index (χ0) is 18.6. The molecule has 2 aromatic carbocycles. The van der Waals surface area contributed by atoms with E-state index in [0.29, 0.717) is 17.1 Å². The van der Waals surface area contributed by atoms with Gasteiger partial charge in [0.15, 0.2) is 18.1 Å². The first-order chi connectivity index (χ1) is 11.9. The quantitative estimate of drug-likeness (QED) is 0.676. The van der Waals surface area contributed by atoms with E-state index in [4.69, 9.17) is 61.1 Å². The van der Waals surface area contributed by atoms with Crippen molar-refractivity contribution in [1.29, 1.82) is 5.26 Å². The number of rotatable bonds is 5. The van der Waals surface area contributed by atoms with E-state index >= 15 is 0 Å². The predicted molar refractivity (Wildman–Crippen MR) is 98.3 cm³/mol. The summed E-state index contributed by atoms with van der Waals surface area (Å²) in [5, 5.41) is 11.8. The van der Waals surface area contributed by atoms with Crippen LogP contribution >= 0.6 is 46.4 Å². The Morgan fingerprint density at radius 1 is 1.12 bits per heavy atom. The number of anilines is 1.